The van der Waals surface area contributed by atoms with Crippen LogP contribution >= 0.6 is 0 Å². The molecule has 2 saturated heterocycles. The first kappa shape index (κ1) is 19.1. The molecule has 0 aromatic heterocycles. The van der Waals surface area contributed by atoms with E-state index in [0.717, 1.165) is 12.8 Å². The Kier molecular flexibility index (Phi) is 6.13. The van der Waals surface area contributed by atoms with E-state index in [9.17, 15) is 13.2 Å². The summed E-state index contributed by atoms with van der Waals surface area (Å²) in [7, 11) is -2.23. The molecule has 3 rings (SSSR count). The number of hydrogen-bond donors (Lipinski definition) is 1. The molecule has 8 nitrogen and oxygen atoms in total. The van der Waals surface area contributed by atoms with Crippen LogP contribution in [-0.2, 0) is 19.5 Å². The second kappa shape index (κ2) is 8.34. The first-order chi connectivity index (χ1) is 12.5. The number of amides is 1. The van der Waals surface area contributed by atoms with E-state index in [1.165, 1.54) is 29.6 Å². The average molecular weight is 384 g/mol. The molecule has 0 bridgehead atoms. The Balaban J connectivity index is 1.80. The Bertz CT molecular complexity index is 740. The predicted octanol–water partition coefficient (Wildman–Crippen LogP) is 0.625. The summed E-state index contributed by atoms with van der Waals surface area (Å²) in [5, 5.41) is 2.80. The highest BCUT2D eigenvalue weighted by molar-refractivity contribution is 7.89. The maximum Gasteiger partial charge on any atom is 0.255 e. The number of sulfonamides is 1. The fourth-order valence-electron chi connectivity index (χ4n) is 3.07. The highest BCUT2D eigenvalue weighted by Gasteiger charge is 2.28. The largest absolute Gasteiger partial charge is 0.496 e. The molecule has 1 aromatic carbocycles. The van der Waals surface area contributed by atoms with E-state index in [1.807, 2.05) is 0 Å². The Hall–Kier alpha value is -1.68. The summed E-state index contributed by atoms with van der Waals surface area (Å²) in [4.78, 5) is 12.6. The van der Waals surface area contributed by atoms with Gasteiger partial charge in [-0.15, -0.1) is 0 Å². The summed E-state index contributed by atoms with van der Waals surface area (Å²) >= 11 is 0. The van der Waals surface area contributed by atoms with Crippen LogP contribution in [-0.4, -0.2) is 71.3 Å². The second-order valence-corrected chi connectivity index (χ2v) is 8.16. The third kappa shape index (κ3) is 4.17. The van der Waals surface area contributed by atoms with Gasteiger partial charge in [0.1, 0.15) is 5.75 Å². The zero-order valence-electron chi connectivity index (χ0n) is 14.8. The lowest BCUT2D eigenvalue weighted by molar-refractivity contribution is 0.0730. The van der Waals surface area contributed by atoms with Crippen LogP contribution in [0, 0.1) is 0 Å². The Labute approximate surface area is 153 Å². The van der Waals surface area contributed by atoms with Crippen molar-refractivity contribution in [3.05, 3.63) is 23.8 Å². The van der Waals surface area contributed by atoms with Gasteiger partial charge in [0.15, 0.2) is 0 Å². The first-order valence-electron chi connectivity index (χ1n) is 8.68. The molecule has 144 valence electrons. The predicted molar refractivity (Wildman–Crippen MR) is 93.9 cm³/mol. The molecule has 1 aromatic rings. The van der Waals surface area contributed by atoms with Gasteiger partial charge in [-0.3, -0.25) is 4.79 Å². The molecule has 0 spiro atoms. The van der Waals surface area contributed by atoms with Crippen molar-refractivity contribution in [1.82, 2.24) is 9.62 Å². The molecule has 2 aliphatic rings. The zero-order chi connectivity index (χ0) is 18.6. The third-order valence-electron chi connectivity index (χ3n) is 4.54. The van der Waals surface area contributed by atoms with Crippen molar-refractivity contribution >= 4 is 15.9 Å². The van der Waals surface area contributed by atoms with Gasteiger partial charge in [0.2, 0.25) is 10.0 Å². The number of rotatable bonds is 6. The molecule has 0 aliphatic carbocycles. The number of morpholine rings is 1. The van der Waals surface area contributed by atoms with Crippen molar-refractivity contribution in [3.8, 4) is 5.75 Å². The van der Waals surface area contributed by atoms with Crippen molar-refractivity contribution in [2.24, 2.45) is 0 Å². The highest BCUT2D eigenvalue weighted by Crippen LogP contribution is 2.25. The fourth-order valence-corrected chi connectivity index (χ4v) is 4.50. The van der Waals surface area contributed by atoms with Gasteiger partial charge in [-0.1, -0.05) is 0 Å². The molecule has 26 heavy (non-hydrogen) atoms. The van der Waals surface area contributed by atoms with Gasteiger partial charge in [0, 0.05) is 26.2 Å². The van der Waals surface area contributed by atoms with E-state index >= 15 is 0 Å². The van der Waals surface area contributed by atoms with Crippen LogP contribution in [0.5, 0.6) is 5.75 Å². The maximum atomic E-state index is 12.8. The fraction of sp³-hybridized carbons (Fsp3) is 0.588. The van der Waals surface area contributed by atoms with Crippen LogP contribution in [0.2, 0.25) is 0 Å². The summed E-state index contributed by atoms with van der Waals surface area (Å²) in [6, 6.07) is 4.34. The lowest BCUT2D eigenvalue weighted by atomic mass is 10.1. The van der Waals surface area contributed by atoms with Crippen molar-refractivity contribution < 1.29 is 27.4 Å². The number of benzene rings is 1. The number of nitrogens with zero attached hydrogens (tertiary/aromatic N) is 1. The minimum Gasteiger partial charge on any atom is -0.496 e. The van der Waals surface area contributed by atoms with Crippen molar-refractivity contribution in [3.63, 3.8) is 0 Å². The molecule has 2 fully saturated rings. The van der Waals surface area contributed by atoms with Gasteiger partial charge in [-0.2, -0.15) is 4.31 Å². The molecule has 2 heterocycles. The summed E-state index contributed by atoms with van der Waals surface area (Å²) in [6.45, 7) is 2.43. The molecule has 9 heteroatoms. The van der Waals surface area contributed by atoms with E-state index in [1.54, 1.807) is 0 Å². The molecule has 1 unspecified atom stereocenters. The number of hydrogen-bond acceptors (Lipinski definition) is 6. The summed E-state index contributed by atoms with van der Waals surface area (Å²) in [5.74, 6) is -0.0489. The number of carbonyl (C=O) groups excluding carboxylic acids is 1. The van der Waals surface area contributed by atoms with Crippen LogP contribution < -0.4 is 10.1 Å². The summed E-state index contributed by atoms with van der Waals surface area (Å²) < 4.78 is 42.9. The van der Waals surface area contributed by atoms with E-state index < -0.39 is 10.0 Å². The van der Waals surface area contributed by atoms with Gasteiger partial charge in [0.05, 0.1) is 36.9 Å². The van der Waals surface area contributed by atoms with E-state index in [0.29, 0.717) is 45.2 Å². The van der Waals surface area contributed by atoms with Crippen LogP contribution in [0.25, 0.3) is 0 Å². The van der Waals surface area contributed by atoms with Crippen LogP contribution in [0.15, 0.2) is 23.1 Å². The minimum absolute atomic E-state index is 0.00482. The zero-order valence-corrected chi connectivity index (χ0v) is 15.6. The highest BCUT2D eigenvalue weighted by atomic mass is 32.2. The molecule has 0 saturated carbocycles. The molecular weight excluding hydrogens is 360 g/mol. The molecule has 1 atom stereocenters. The monoisotopic (exact) mass is 384 g/mol. The van der Waals surface area contributed by atoms with Gasteiger partial charge >= 0.3 is 0 Å². The van der Waals surface area contributed by atoms with Crippen molar-refractivity contribution in [2.45, 2.75) is 23.8 Å². The van der Waals surface area contributed by atoms with Crippen molar-refractivity contribution in [1.29, 1.82) is 0 Å². The quantitative estimate of drug-likeness (QED) is 0.773. The Morgan fingerprint density at radius 3 is 2.73 bits per heavy atom. The molecule has 2 aliphatic heterocycles. The van der Waals surface area contributed by atoms with Crippen LogP contribution in [0.4, 0.5) is 0 Å². The topological polar surface area (TPSA) is 94.2 Å². The van der Waals surface area contributed by atoms with E-state index in [2.05, 4.69) is 5.32 Å². The normalized spacial score (nSPS) is 21.5. The van der Waals surface area contributed by atoms with E-state index in [4.69, 9.17) is 14.2 Å². The Morgan fingerprint density at radius 1 is 1.31 bits per heavy atom. The number of carbonyl (C=O) groups is 1. The number of nitrogens with one attached hydrogen (secondary N) is 1. The van der Waals surface area contributed by atoms with Crippen LogP contribution in [0.3, 0.4) is 0 Å². The number of ether oxygens (including phenoxy) is 3. The van der Waals surface area contributed by atoms with Gasteiger partial charge in [-0.05, 0) is 31.0 Å². The van der Waals surface area contributed by atoms with E-state index in [-0.39, 0.29) is 22.5 Å². The van der Waals surface area contributed by atoms with Gasteiger partial charge in [0.25, 0.3) is 5.91 Å². The summed E-state index contributed by atoms with van der Waals surface area (Å²) in [6.07, 6.45) is 1.89. The maximum absolute atomic E-state index is 12.8. The molecule has 1 N–H and O–H groups in total. The molecule has 0 radical (unpaired) electrons. The van der Waals surface area contributed by atoms with Gasteiger partial charge in [-0.25, -0.2) is 8.42 Å². The molecule has 1 amide bonds. The van der Waals surface area contributed by atoms with Crippen LogP contribution in [0.1, 0.15) is 23.2 Å². The molecular formula is C17H24N2O6S. The first-order valence-corrected chi connectivity index (χ1v) is 10.1. The third-order valence-corrected chi connectivity index (χ3v) is 6.43. The standard InChI is InChI=1S/C17H24N2O6S/c1-23-16-5-4-14(26(21,22)19-6-9-24-10-7-19)11-15(16)17(20)18-12-13-3-2-8-25-13/h4-5,11,13H,2-3,6-10,12H2,1H3,(H,18,20). The lowest BCUT2D eigenvalue weighted by Crippen LogP contribution is -2.40. The summed E-state index contributed by atoms with van der Waals surface area (Å²) in [5.41, 5.74) is 0.194. The second-order valence-electron chi connectivity index (χ2n) is 6.22. The smallest absolute Gasteiger partial charge is 0.255 e. The lowest BCUT2D eigenvalue weighted by Gasteiger charge is -2.26. The van der Waals surface area contributed by atoms with Crippen molar-refractivity contribution in [2.75, 3.05) is 46.6 Å². The average Bonchev–Trinajstić information content (AvgIpc) is 3.20. The number of methoxy groups -OCH3 is 1. The minimum atomic E-state index is -3.68. The Morgan fingerprint density at radius 2 is 2.08 bits per heavy atom. The van der Waals surface area contributed by atoms with Gasteiger partial charge < -0.3 is 19.5 Å². The SMILES string of the molecule is COc1ccc(S(=O)(=O)N2CCOCC2)cc1C(=O)NCC1CCCO1.